The van der Waals surface area contributed by atoms with Crippen LogP contribution in [0.2, 0.25) is 0 Å². The van der Waals surface area contributed by atoms with E-state index in [4.69, 9.17) is 9.47 Å². The number of phenolic OH excluding ortho intramolecular Hbond substituents is 6. The number of hydrogen-bond donors (Lipinski definition) is 7. The van der Waals surface area contributed by atoms with E-state index in [0.29, 0.717) is 17.0 Å². The predicted molar refractivity (Wildman–Crippen MR) is 167 cm³/mol. The molecule has 7 N–H and O–H groups in total. The Hall–Kier alpha value is -5.19. The SMILES string of the molecule is O=C(/C=C/c1ccc(O)c(O)c1)O[C@@H](COCNC1CC(c2ccc(-c3cc(O)cc(O)c3)cc2)C1)Cc1ccc(O)c(O)c1. The van der Waals surface area contributed by atoms with Gasteiger partial charge in [0.05, 0.1) is 13.3 Å². The Morgan fingerprint density at radius 1 is 0.778 bits per heavy atom. The highest BCUT2D eigenvalue weighted by Gasteiger charge is 2.30. The standard InChI is InChI=1S/C35H35NO9/c37-28-16-26(17-29(38)18-28)24-6-4-23(5-7-24)25-14-27(15-25)36-20-44-19-30(11-22-2-9-32(40)34(42)13-22)45-35(43)10-3-21-1-8-31(39)33(41)12-21/h1-10,12-13,16-18,25,27,30,36-42H,11,14-15,19-20H2/b10-3+/t25?,27?,30-/m1/s1. The molecular formula is C35H35NO9. The number of aromatic hydroxyl groups is 6. The molecule has 0 heterocycles. The van der Waals surface area contributed by atoms with Gasteiger partial charge in [-0.1, -0.05) is 36.4 Å². The van der Waals surface area contributed by atoms with Crippen LogP contribution >= 0.6 is 0 Å². The summed E-state index contributed by atoms with van der Waals surface area (Å²) >= 11 is 0. The number of carbonyl (C=O) groups is 1. The lowest BCUT2D eigenvalue weighted by Crippen LogP contribution is -2.41. The van der Waals surface area contributed by atoms with Crippen molar-refractivity contribution in [3.63, 3.8) is 0 Å². The Bertz CT molecular complexity index is 1640. The zero-order valence-corrected chi connectivity index (χ0v) is 24.3. The van der Waals surface area contributed by atoms with Gasteiger partial charge in [0.2, 0.25) is 0 Å². The molecule has 0 radical (unpaired) electrons. The maximum absolute atomic E-state index is 12.6. The molecule has 1 atom stereocenters. The fourth-order valence-electron chi connectivity index (χ4n) is 5.24. The summed E-state index contributed by atoms with van der Waals surface area (Å²) in [7, 11) is 0. The summed E-state index contributed by atoms with van der Waals surface area (Å²) in [5, 5.41) is 61.5. The number of hydrogen-bond acceptors (Lipinski definition) is 10. The first kappa shape index (κ1) is 31.2. The van der Waals surface area contributed by atoms with E-state index >= 15 is 0 Å². The van der Waals surface area contributed by atoms with E-state index < -0.39 is 12.1 Å². The van der Waals surface area contributed by atoms with Crippen molar-refractivity contribution in [3.8, 4) is 45.6 Å². The molecule has 0 amide bonds. The molecule has 45 heavy (non-hydrogen) atoms. The molecule has 0 aliphatic heterocycles. The third-order valence-corrected chi connectivity index (χ3v) is 7.73. The highest BCUT2D eigenvalue weighted by atomic mass is 16.6. The van der Waals surface area contributed by atoms with Crippen molar-refractivity contribution in [2.45, 2.75) is 37.3 Å². The maximum Gasteiger partial charge on any atom is 0.331 e. The number of esters is 1. The first-order valence-corrected chi connectivity index (χ1v) is 14.5. The summed E-state index contributed by atoms with van der Waals surface area (Å²) < 4.78 is 11.4. The van der Waals surface area contributed by atoms with Gasteiger partial charge in [0.1, 0.15) is 17.6 Å². The van der Waals surface area contributed by atoms with Crippen molar-refractivity contribution in [1.82, 2.24) is 5.32 Å². The molecule has 1 aliphatic carbocycles. The molecule has 0 bridgehead atoms. The van der Waals surface area contributed by atoms with E-state index in [2.05, 4.69) is 17.4 Å². The smallest absolute Gasteiger partial charge is 0.331 e. The van der Waals surface area contributed by atoms with E-state index in [1.165, 1.54) is 54.1 Å². The normalized spacial score (nSPS) is 16.7. The van der Waals surface area contributed by atoms with Gasteiger partial charge in [0.15, 0.2) is 23.0 Å². The van der Waals surface area contributed by atoms with Gasteiger partial charge in [0, 0.05) is 24.6 Å². The fraction of sp³-hybridized carbons (Fsp3) is 0.229. The second-order valence-electron chi connectivity index (χ2n) is 11.1. The van der Waals surface area contributed by atoms with Crippen molar-refractivity contribution >= 4 is 12.0 Å². The van der Waals surface area contributed by atoms with Crippen molar-refractivity contribution in [2.24, 2.45) is 0 Å². The molecule has 1 aliphatic rings. The number of ether oxygens (including phenoxy) is 2. The summed E-state index contributed by atoms with van der Waals surface area (Å²) in [5.74, 6) is -1.32. The van der Waals surface area contributed by atoms with E-state index in [9.17, 15) is 35.4 Å². The Kier molecular flexibility index (Phi) is 9.76. The zero-order chi connectivity index (χ0) is 31.9. The predicted octanol–water partition coefficient (Wildman–Crippen LogP) is 5.26. The summed E-state index contributed by atoms with van der Waals surface area (Å²) in [5.41, 5.74) is 3.99. The highest BCUT2D eigenvalue weighted by molar-refractivity contribution is 5.87. The first-order chi connectivity index (χ1) is 21.6. The van der Waals surface area contributed by atoms with Gasteiger partial charge < -0.3 is 40.1 Å². The van der Waals surface area contributed by atoms with Crippen LogP contribution in [0.15, 0.2) is 84.9 Å². The van der Waals surface area contributed by atoms with Gasteiger partial charge in [-0.05, 0) is 89.1 Å². The van der Waals surface area contributed by atoms with Crippen molar-refractivity contribution in [1.29, 1.82) is 0 Å². The van der Waals surface area contributed by atoms with Crippen LogP contribution in [0.25, 0.3) is 17.2 Å². The Morgan fingerprint density at radius 3 is 2.11 bits per heavy atom. The van der Waals surface area contributed by atoms with Crippen molar-refractivity contribution in [3.05, 3.63) is 102 Å². The van der Waals surface area contributed by atoms with E-state index in [0.717, 1.165) is 24.0 Å². The Balaban J connectivity index is 1.10. The molecule has 0 saturated heterocycles. The largest absolute Gasteiger partial charge is 0.508 e. The number of carbonyl (C=O) groups excluding carboxylic acids is 1. The van der Waals surface area contributed by atoms with Crippen LogP contribution in [0, 0.1) is 0 Å². The zero-order valence-electron chi connectivity index (χ0n) is 24.3. The Morgan fingerprint density at radius 2 is 1.44 bits per heavy atom. The molecule has 1 saturated carbocycles. The second kappa shape index (κ2) is 14.1. The number of phenols is 6. The van der Waals surface area contributed by atoms with Crippen LogP contribution in [0.4, 0.5) is 0 Å². The third kappa shape index (κ3) is 8.47. The molecule has 234 valence electrons. The van der Waals surface area contributed by atoms with Crippen LogP contribution in [0.3, 0.4) is 0 Å². The molecule has 10 heteroatoms. The lowest BCUT2D eigenvalue weighted by molar-refractivity contribution is -0.146. The topological polar surface area (TPSA) is 169 Å². The molecule has 1 fully saturated rings. The van der Waals surface area contributed by atoms with E-state index in [1.54, 1.807) is 18.2 Å². The van der Waals surface area contributed by atoms with Crippen LogP contribution in [-0.4, -0.2) is 62.1 Å². The lowest BCUT2D eigenvalue weighted by atomic mass is 9.76. The highest BCUT2D eigenvalue weighted by Crippen LogP contribution is 2.38. The fourth-order valence-corrected chi connectivity index (χ4v) is 5.24. The number of rotatable bonds is 12. The molecule has 4 aromatic rings. The summed E-state index contributed by atoms with van der Waals surface area (Å²) in [6, 6.07) is 21.4. The average Bonchev–Trinajstić information content (AvgIpc) is 2.98. The second-order valence-corrected chi connectivity index (χ2v) is 11.1. The van der Waals surface area contributed by atoms with Gasteiger partial charge in [-0.25, -0.2) is 4.79 Å². The van der Waals surface area contributed by atoms with Gasteiger partial charge in [-0.3, -0.25) is 5.32 Å². The maximum atomic E-state index is 12.6. The summed E-state index contributed by atoms with van der Waals surface area (Å²) in [4.78, 5) is 12.6. The molecule has 0 spiro atoms. The minimum absolute atomic E-state index is 0.0117. The van der Waals surface area contributed by atoms with Gasteiger partial charge in [-0.2, -0.15) is 0 Å². The monoisotopic (exact) mass is 613 g/mol. The van der Waals surface area contributed by atoms with Crippen LogP contribution in [0.5, 0.6) is 34.5 Å². The molecular weight excluding hydrogens is 578 g/mol. The quantitative estimate of drug-likeness (QED) is 0.0368. The van der Waals surface area contributed by atoms with Crippen LogP contribution in [-0.2, 0) is 20.7 Å². The van der Waals surface area contributed by atoms with Gasteiger partial charge in [-0.15, -0.1) is 0 Å². The van der Waals surface area contributed by atoms with Crippen molar-refractivity contribution < 1.29 is 44.9 Å². The number of nitrogens with one attached hydrogen (secondary N) is 1. The lowest BCUT2D eigenvalue weighted by Gasteiger charge is -2.36. The van der Waals surface area contributed by atoms with Crippen LogP contribution in [0.1, 0.15) is 35.4 Å². The van der Waals surface area contributed by atoms with E-state index in [-0.39, 0.29) is 60.3 Å². The van der Waals surface area contributed by atoms with Gasteiger partial charge in [0.25, 0.3) is 0 Å². The first-order valence-electron chi connectivity index (χ1n) is 14.5. The molecule has 0 aromatic heterocycles. The van der Waals surface area contributed by atoms with Gasteiger partial charge >= 0.3 is 5.97 Å². The Labute approximate surface area is 260 Å². The minimum atomic E-state index is -0.692. The number of benzene rings is 4. The summed E-state index contributed by atoms with van der Waals surface area (Å²) in [6.45, 7) is 0.325. The molecule has 10 nitrogen and oxygen atoms in total. The molecule has 4 aromatic carbocycles. The van der Waals surface area contributed by atoms with Crippen LogP contribution < -0.4 is 5.32 Å². The summed E-state index contributed by atoms with van der Waals surface area (Å²) in [6.07, 6.45) is 4.06. The molecule has 5 rings (SSSR count). The minimum Gasteiger partial charge on any atom is -0.508 e. The molecule has 0 unspecified atom stereocenters. The van der Waals surface area contributed by atoms with Crippen molar-refractivity contribution in [2.75, 3.05) is 13.3 Å². The third-order valence-electron chi connectivity index (χ3n) is 7.73. The van der Waals surface area contributed by atoms with E-state index in [1.807, 2.05) is 12.1 Å². The average molecular weight is 614 g/mol.